The number of aryl methyl sites for hydroxylation is 1. The van der Waals surface area contributed by atoms with Gasteiger partial charge in [-0.15, -0.1) is 10.2 Å². The molecule has 2 heterocycles. The highest BCUT2D eigenvalue weighted by Crippen LogP contribution is 2.24. The minimum atomic E-state index is -1.29. The maximum Gasteiger partial charge on any atom is 0.326 e. The highest BCUT2D eigenvalue weighted by Gasteiger charge is 2.21. The molecule has 4 aromatic rings. The lowest BCUT2D eigenvalue weighted by molar-refractivity contribution is -0.140. The number of carbonyl (C=O) groups is 3. The van der Waals surface area contributed by atoms with Crippen molar-refractivity contribution in [3.05, 3.63) is 59.9 Å². The van der Waals surface area contributed by atoms with E-state index in [1.54, 1.807) is 12.1 Å². The lowest BCUT2D eigenvalue weighted by Gasteiger charge is -2.14. The predicted octanol–water partition coefficient (Wildman–Crippen LogP) is 2.38. The van der Waals surface area contributed by atoms with Gasteiger partial charge in [0.05, 0.1) is 11.0 Å². The average Bonchev–Trinajstić information content (AvgIpc) is 3.19. The lowest BCUT2D eigenvalue weighted by atomic mass is 10.1. The Morgan fingerprint density at radius 2 is 1.76 bits per heavy atom. The second-order valence-corrected chi connectivity index (χ2v) is 7.35. The molecular weight excluding hydrogens is 428 g/mol. The van der Waals surface area contributed by atoms with Crippen LogP contribution in [0.3, 0.4) is 0 Å². The molecule has 1 atom stereocenters. The Morgan fingerprint density at radius 3 is 2.45 bits per heavy atom. The van der Waals surface area contributed by atoms with Crippen LogP contribution in [-0.4, -0.2) is 53.7 Å². The number of amides is 1. The zero-order valence-corrected chi connectivity index (χ0v) is 17.5. The number of carboxylic acids is 2. The van der Waals surface area contributed by atoms with Crippen LogP contribution >= 0.6 is 0 Å². The minimum absolute atomic E-state index is 0.211. The van der Waals surface area contributed by atoms with Crippen molar-refractivity contribution in [3.63, 3.8) is 0 Å². The summed E-state index contributed by atoms with van der Waals surface area (Å²) in [4.78, 5) is 39.1. The highest BCUT2D eigenvalue weighted by molar-refractivity contribution is 5.97. The fourth-order valence-electron chi connectivity index (χ4n) is 3.41. The number of aromatic nitrogens is 4. The molecule has 2 aromatic heterocycles. The molecule has 11 nitrogen and oxygen atoms in total. The van der Waals surface area contributed by atoms with Crippen molar-refractivity contribution < 1.29 is 24.6 Å². The monoisotopic (exact) mass is 448 g/mol. The van der Waals surface area contributed by atoms with E-state index in [0.29, 0.717) is 17.2 Å². The second kappa shape index (κ2) is 8.91. The van der Waals surface area contributed by atoms with Crippen molar-refractivity contribution in [2.75, 3.05) is 5.32 Å². The number of aliphatic carboxylic acids is 2. The molecule has 0 saturated heterocycles. The largest absolute Gasteiger partial charge is 0.481 e. The first kappa shape index (κ1) is 21.7. The molecule has 0 saturated carbocycles. The number of carbonyl (C=O) groups excluding carboxylic acids is 1. The molecule has 4 rings (SSSR count). The smallest absolute Gasteiger partial charge is 0.326 e. The Labute approximate surface area is 187 Å². The summed E-state index contributed by atoms with van der Waals surface area (Å²) in [5, 5.41) is 31.9. The number of fused-ring (bicyclic) bond motifs is 3. The molecule has 4 N–H and O–H groups in total. The van der Waals surface area contributed by atoms with Crippen molar-refractivity contribution in [2.24, 2.45) is 0 Å². The summed E-state index contributed by atoms with van der Waals surface area (Å²) < 4.78 is 1.90. The molecule has 0 aliphatic heterocycles. The summed E-state index contributed by atoms with van der Waals surface area (Å²) in [5.41, 5.74) is 3.06. The molecule has 0 radical (unpaired) electrons. The van der Waals surface area contributed by atoms with Crippen molar-refractivity contribution in [1.29, 1.82) is 0 Å². The van der Waals surface area contributed by atoms with E-state index in [1.807, 2.05) is 35.6 Å². The molecule has 0 aliphatic rings. The van der Waals surface area contributed by atoms with E-state index >= 15 is 0 Å². The molecule has 33 heavy (non-hydrogen) atoms. The first-order valence-corrected chi connectivity index (χ1v) is 10.1. The van der Waals surface area contributed by atoms with Crippen molar-refractivity contribution in [3.8, 4) is 0 Å². The van der Waals surface area contributed by atoms with Crippen LogP contribution in [0.4, 0.5) is 11.5 Å². The molecule has 0 spiro atoms. The van der Waals surface area contributed by atoms with Gasteiger partial charge in [0.1, 0.15) is 11.9 Å². The van der Waals surface area contributed by atoms with Gasteiger partial charge < -0.3 is 20.8 Å². The third-order valence-corrected chi connectivity index (χ3v) is 5.05. The minimum Gasteiger partial charge on any atom is -0.481 e. The zero-order valence-electron chi connectivity index (χ0n) is 17.5. The van der Waals surface area contributed by atoms with Gasteiger partial charge >= 0.3 is 11.9 Å². The van der Waals surface area contributed by atoms with Crippen molar-refractivity contribution >= 4 is 46.0 Å². The number of rotatable bonds is 8. The van der Waals surface area contributed by atoms with E-state index in [1.165, 1.54) is 12.1 Å². The number of para-hydroxylation sites is 2. The molecule has 0 unspecified atom stereocenters. The molecule has 0 bridgehead atoms. The third kappa shape index (κ3) is 4.56. The average molecular weight is 448 g/mol. The number of hydrogen-bond acceptors (Lipinski definition) is 7. The van der Waals surface area contributed by atoms with Crippen LogP contribution in [0.2, 0.25) is 0 Å². The van der Waals surface area contributed by atoms with E-state index in [0.717, 1.165) is 16.9 Å². The van der Waals surface area contributed by atoms with Gasteiger partial charge in [0.15, 0.2) is 5.82 Å². The van der Waals surface area contributed by atoms with Gasteiger partial charge in [-0.25, -0.2) is 9.78 Å². The molecular formula is C22H20N6O5. The number of carboxylic acid groups (broad SMARTS) is 2. The van der Waals surface area contributed by atoms with E-state index < -0.39 is 23.9 Å². The SMILES string of the molecule is Cc1nnc2c(Nc3ccc(C(=O)N[C@@H](CCC(=O)O)C(=O)O)cc3)nc3ccccc3n12. The molecule has 0 fully saturated rings. The lowest BCUT2D eigenvalue weighted by Crippen LogP contribution is -2.41. The standard InChI is InChI=1S/C22H20N6O5/c1-12-26-27-20-19(24-15-4-2-3-5-17(15)28(12)20)23-14-8-6-13(7-9-14)21(31)25-16(22(32)33)10-11-18(29)30/h2-9,16H,10-11H2,1H3,(H,23,24)(H,25,31)(H,29,30)(H,32,33)/t16-/m0/s1. The molecule has 2 aromatic carbocycles. The first-order chi connectivity index (χ1) is 15.8. The van der Waals surface area contributed by atoms with Crippen molar-refractivity contribution in [2.45, 2.75) is 25.8 Å². The summed E-state index contributed by atoms with van der Waals surface area (Å²) in [5.74, 6) is -1.83. The Kier molecular flexibility index (Phi) is 5.85. The second-order valence-electron chi connectivity index (χ2n) is 7.35. The Bertz CT molecular complexity index is 1370. The fourth-order valence-corrected chi connectivity index (χ4v) is 3.41. The van der Waals surface area contributed by atoms with Gasteiger partial charge in [-0.2, -0.15) is 0 Å². The summed E-state index contributed by atoms with van der Waals surface area (Å²) >= 11 is 0. The quantitative estimate of drug-likeness (QED) is 0.317. The van der Waals surface area contributed by atoms with E-state index in [2.05, 4.69) is 25.8 Å². The Morgan fingerprint density at radius 1 is 1.03 bits per heavy atom. The van der Waals surface area contributed by atoms with Gasteiger partial charge in [-0.1, -0.05) is 12.1 Å². The maximum atomic E-state index is 12.4. The topological polar surface area (TPSA) is 159 Å². The van der Waals surface area contributed by atoms with Crippen LogP contribution in [0.15, 0.2) is 48.5 Å². The number of anilines is 2. The Balaban J connectivity index is 1.54. The van der Waals surface area contributed by atoms with Gasteiger partial charge in [0, 0.05) is 17.7 Å². The summed E-state index contributed by atoms with van der Waals surface area (Å²) in [6.45, 7) is 1.85. The zero-order chi connectivity index (χ0) is 23.5. The van der Waals surface area contributed by atoms with E-state index in [4.69, 9.17) is 5.11 Å². The van der Waals surface area contributed by atoms with E-state index in [9.17, 15) is 19.5 Å². The number of nitrogens with one attached hydrogen (secondary N) is 2. The number of hydrogen-bond donors (Lipinski definition) is 4. The summed E-state index contributed by atoms with van der Waals surface area (Å²) in [6.07, 6.45) is -0.577. The number of benzene rings is 2. The van der Waals surface area contributed by atoms with Crippen LogP contribution in [-0.2, 0) is 9.59 Å². The Hall–Kier alpha value is -4.54. The molecule has 168 valence electrons. The van der Waals surface area contributed by atoms with E-state index in [-0.39, 0.29) is 18.4 Å². The molecule has 11 heteroatoms. The fraction of sp³-hybridized carbons (Fsp3) is 0.182. The first-order valence-electron chi connectivity index (χ1n) is 10.1. The molecule has 0 aliphatic carbocycles. The van der Waals surface area contributed by atoms with Gasteiger partial charge in [0.2, 0.25) is 5.65 Å². The highest BCUT2D eigenvalue weighted by atomic mass is 16.4. The van der Waals surface area contributed by atoms with Crippen molar-refractivity contribution in [1.82, 2.24) is 24.9 Å². The van der Waals surface area contributed by atoms with Gasteiger partial charge in [-0.3, -0.25) is 14.0 Å². The van der Waals surface area contributed by atoms with Gasteiger partial charge in [-0.05, 0) is 49.7 Å². The summed E-state index contributed by atoms with van der Waals surface area (Å²) in [7, 11) is 0. The summed E-state index contributed by atoms with van der Waals surface area (Å²) in [6, 6.07) is 12.7. The predicted molar refractivity (Wildman–Crippen MR) is 119 cm³/mol. The van der Waals surface area contributed by atoms with Crippen LogP contribution < -0.4 is 10.6 Å². The maximum absolute atomic E-state index is 12.4. The van der Waals surface area contributed by atoms with Crippen LogP contribution in [0, 0.1) is 6.92 Å². The normalized spacial score (nSPS) is 11.9. The van der Waals surface area contributed by atoms with Crippen LogP contribution in [0.1, 0.15) is 29.0 Å². The third-order valence-electron chi connectivity index (χ3n) is 5.05. The van der Waals surface area contributed by atoms with Crippen LogP contribution in [0.5, 0.6) is 0 Å². The van der Waals surface area contributed by atoms with Crippen LogP contribution in [0.25, 0.3) is 16.7 Å². The molecule has 1 amide bonds. The number of nitrogens with zero attached hydrogens (tertiary/aromatic N) is 4. The van der Waals surface area contributed by atoms with Gasteiger partial charge in [0.25, 0.3) is 5.91 Å².